The van der Waals surface area contributed by atoms with Gasteiger partial charge in [0.1, 0.15) is 0 Å². The lowest BCUT2D eigenvalue weighted by molar-refractivity contribution is 0.587. The second-order valence-corrected chi connectivity index (χ2v) is 6.81. The van der Waals surface area contributed by atoms with Crippen molar-refractivity contribution in [3.63, 3.8) is 0 Å². The predicted octanol–water partition coefficient (Wildman–Crippen LogP) is 3.92. The Hall–Kier alpha value is -0.540. The Morgan fingerprint density at radius 1 is 1.39 bits per heavy atom. The molecule has 0 bridgehead atoms. The van der Waals surface area contributed by atoms with Gasteiger partial charge in [-0.05, 0) is 30.9 Å². The van der Waals surface area contributed by atoms with Gasteiger partial charge in [-0.2, -0.15) is 0 Å². The van der Waals surface area contributed by atoms with Crippen LogP contribution in [-0.4, -0.2) is 16.3 Å². The molecule has 1 fully saturated rings. The quantitative estimate of drug-likeness (QED) is 0.872. The third-order valence-electron chi connectivity index (χ3n) is 3.38. The summed E-state index contributed by atoms with van der Waals surface area (Å²) in [7, 11) is 0. The minimum atomic E-state index is 0.526. The van der Waals surface area contributed by atoms with Crippen molar-refractivity contribution in [3.8, 4) is 0 Å². The zero-order valence-electron chi connectivity index (χ0n) is 11.7. The smallest absolute Gasteiger partial charge is 0.0991 e. The van der Waals surface area contributed by atoms with Gasteiger partial charge >= 0.3 is 0 Å². The van der Waals surface area contributed by atoms with Gasteiger partial charge in [0.05, 0.1) is 5.03 Å². The van der Waals surface area contributed by atoms with Crippen LogP contribution in [0.5, 0.6) is 0 Å². The summed E-state index contributed by atoms with van der Waals surface area (Å²) < 4.78 is 0. The first kappa shape index (κ1) is 13.9. The lowest BCUT2D eigenvalue weighted by atomic mass is 10.2. The van der Waals surface area contributed by atoms with Gasteiger partial charge in [0.15, 0.2) is 0 Å². The van der Waals surface area contributed by atoms with Crippen LogP contribution in [0.2, 0.25) is 0 Å². The molecule has 2 nitrogen and oxygen atoms in total. The zero-order chi connectivity index (χ0) is 13.0. The largest absolute Gasteiger partial charge is 0.310 e. The van der Waals surface area contributed by atoms with Gasteiger partial charge in [-0.1, -0.05) is 32.8 Å². The van der Waals surface area contributed by atoms with Gasteiger partial charge in [-0.3, -0.25) is 0 Å². The van der Waals surface area contributed by atoms with Crippen LogP contribution in [0.3, 0.4) is 0 Å². The van der Waals surface area contributed by atoms with E-state index in [1.807, 2.05) is 18.0 Å². The highest BCUT2D eigenvalue weighted by molar-refractivity contribution is 7.99. The molecule has 0 saturated heterocycles. The standard InChI is InChI=1S/C15H24N2S/c1-11(2)16-9-13-8-12(3)15(17-10-13)18-14-6-4-5-7-14/h8,10-11,14,16H,4-7,9H2,1-3H3. The van der Waals surface area contributed by atoms with E-state index >= 15 is 0 Å². The van der Waals surface area contributed by atoms with Crippen LogP contribution in [0.1, 0.15) is 50.7 Å². The second-order valence-electron chi connectivity index (χ2n) is 5.53. The maximum Gasteiger partial charge on any atom is 0.0991 e. The molecule has 0 amide bonds. The van der Waals surface area contributed by atoms with E-state index in [9.17, 15) is 0 Å². The molecule has 100 valence electrons. The minimum Gasteiger partial charge on any atom is -0.310 e. The SMILES string of the molecule is Cc1cc(CNC(C)C)cnc1SC1CCCC1. The van der Waals surface area contributed by atoms with Crippen LogP contribution in [0.25, 0.3) is 0 Å². The molecule has 0 aromatic carbocycles. The van der Waals surface area contributed by atoms with Crippen LogP contribution in [0.15, 0.2) is 17.3 Å². The van der Waals surface area contributed by atoms with Crippen molar-refractivity contribution in [2.45, 2.75) is 69.3 Å². The van der Waals surface area contributed by atoms with E-state index in [0.29, 0.717) is 6.04 Å². The van der Waals surface area contributed by atoms with Crippen LogP contribution >= 0.6 is 11.8 Å². The summed E-state index contributed by atoms with van der Waals surface area (Å²) in [5, 5.41) is 5.47. The van der Waals surface area contributed by atoms with Crippen molar-refractivity contribution in [1.82, 2.24) is 10.3 Å². The maximum absolute atomic E-state index is 4.64. The van der Waals surface area contributed by atoms with E-state index in [1.54, 1.807) is 0 Å². The van der Waals surface area contributed by atoms with Crippen LogP contribution < -0.4 is 5.32 Å². The average Bonchev–Trinajstić information content (AvgIpc) is 2.82. The number of nitrogens with one attached hydrogen (secondary N) is 1. The van der Waals surface area contributed by atoms with Gasteiger partial charge in [0, 0.05) is 24.0 Å². The monoisotopic (exact) mass is 264 g/mol. The summed E-state index contributed by atoms with van der Waals surface area (Å²) in [4.78, 5) is 4.64. The Morgan fingerprint density at radius 2 is 2.11 bits per heavy atom. The minimum absolute atomic E-state index is 0.526. The van der Waals surface area contributed by atoms with E-state index in [4.69, 9.17) is 0 Å². The number of rotatable bonds is 5. The molecule has 1 heterocycles. The van der Waals surface area contributed by atoms with Crippen LogP contribution in [0, 0.1) is 6.92 Å². The number of aromatic nitrogens is 1. The van der Waals surface area contributed by atoms with Crippen molar-refractivity contribution in [3.05, 3.63) is 23.4 Å². The third kappa shape index (κ3) is 3.99. The summed E-state index contributed by atoms with van der Waals surface area (Å²) in [6, 6.07) is 2.80. The Labute approximate surface area is 115 Å². The predicted molar refractivity (Wildman–Crippen MR) is 79.1 cm³/mol. The molecule has 3 heteroatoms. The molecule has 1 aliphatic carbocycles. The van der Waals surface area contributed by atoms with E-state index < -0.39 is 0 Å². The van der Waals surface area contributed by atoms with Gasteiger partial charge in [-0.15, -0.1) is 11.8 Å². The first-order chi connectivity index (χ1) is 8.65. The van der Waals surface area contributed by atoms with Crippen molar-refractivity contribution >= 4 is 11.8 Å². The molecular weight excluding hydrogens is 240 g/mol. The van der Waals surface area contributed by atoms with E-state index in [1.165, 1.54) is 41.8 Å². The fourth-order valence-electron chi connectivity index (χ4n) is 2.33. The topological polar surface area (TPSA) is 24.9 Å². The lowest BCUT2D eigenvalue weighted by Gasteiger charge is -2.12. The second kappa shape index (κ2) is 6.58. The molecule has 1 aromatic heterocycles. The highest BCUT2D eigenvalue weighted by Crippen LogP contribution is 2.35. The molecule has 1 saturated carbocycles. The Kier molecular flexibility index (Phi) is 5.07. The molecule has 0 unspecified atom stereocenters. The molecule has 0 radical (unpaired) electrons. The number of pyridine rings is 1. The summed E-state index contributed by atoms with van der Waals surface area (Å²) in [6.07, 6.45) is 7.55. The first-order valence-electron chi connectivity index (χ1n) is 7.00. The molecule has 18 heavy (non-hydrogen) atoms. The molecule has 1 aromatic rings. The number of hydrogen-bond acceptors (Lipinski definition) is 3. The number of hydrogen-bond donors (Lipinski definition) is 1. The van der Waals surface area contributed by atoms with Crippen molar-refractivity contribution in [2.24, 2.45) is 0 Å². The number of thioether (sulfide) groups is 1. The lowest BCUT2D eigenvalue weighted by Crippen LogP contribution is -2.21. The molecule has 1 aliphatic rings. The van der Waals surface area contributed by atoms with E-state index in [2.05, 4.69) is 37.1 Å². The van der Waals surface area contributed by atoms with Gasteiger partial charge in [0.25, 0.3) is 0 Å². The van der Waals surface area contributed by atoms with Crippen molar-refractivity contribution < 1.29 is 0 Å². The Balaban J connectivity index is 1.95. The fourth-order valence-corrected chi connectivity index (χ4v) is 3.57. The zero-order valence-corrected chi connectivity index (χ0v) is 12.5. The molecule has 0 atom stereocenters. The van der Waals surface area contributed by atoms with Crippen LogP contribution in [-0.2, 0) is 6.54 Å². The summed E-state index contributed by atoms with van der Waals surface area (Å²) in [5.74, 6) is 0. The van der Waals surface area contributed by atoms with Gasteiger partial charge < -0.3 is 5.32 Å². The normalized spacial score (nSPS) is 16.7. The van der Waals surface area contributed by atoms with Crippen molar-refractivity contribution in [2.75, 3.05) is 0 Å². The van der Waals surface area contributed by atoms with E-state index in [-0.39, 0.29) is 0 Å². The van der Waals surface area contributed by atoms with Gasteiger partial charge in [-0.25, -0.2) is 4.98 Å². The van der Waals surface area contributed by atoms with Gasteiger partial charge in [0.2, 0.25) is 0 Å². The molecule has 0 aliphatic heterocycles. The molecule has 2 rings (SSSR count). The fraction of sp³-hybridized carbons (Fsp3) is 0.667. The summed E-state index contributed by atoms with van der Waals surface area (Å²) >= 11 is 1.98. The first-order valence-corrected chi connectivity index (χ1v) is 7.88. The maximum atomic E-state index is 4.64. The molecular formula is C15H24N2S. The Morgan fingerprint density at radius 3 is 2.72 bits per heavy atom. The highest BCUT2D eigenvalue weighted by Gasteiger charge is 2.17. The number of aryl methyl sites for hydroxylation is 1. The summed E-state index contributed by atoms with van der Waals surface area (Å²) in [6.45, 7) is 7.44. The number of nitrogens with zero attached hydrogens (tertiary/aromatic N) is 1. The molecule has 1 N–H and O–H groups in total. The Bertz CT molecular complexity index is 384. The summed E-state index contributed by atoms with van der Waals surface area (Å²) in [5.41, 5.74) is 2.62. The van der Waals surface area contributed by atoms with Crippen molar-refractivity contribution in [1.29, 1.82) is 0 Å². The average molecular weight is 264 g/mol. The molecule has 0 spiro atoms. The third-order valence-corrected chi connectivity index (χ3v) is 4.84. The van der Waals surface area contributed by atoms with Crippen LogP contribution in [0.4, 0.5) is 0 Å². The highest BCUT2D eigenvalue weighted by atomic mass is 32.2. The van der Waals surface area contributed by atoms with E-state index in [0.717, 1.165) is 11.8 Å².